The molecule has 1 aliphatic rings. The first-order chi connectivity index (χ1) is 10.1. The number of methoxy groups -OCH3 is 1. The van der Waals surface area contributed by atoms with E-state index in [0.717, 1.165) is 11.5 Å². The molecule has 1 saturated carbocycles. The minimum atomic E-state index is -0.378. The van der Waals surface area contributed by atoms with E-state index in [9.17, 15) is 10.1 Å². The average Bonchev–Trinajstić information content (AvgIpc) is 2.53. The van der Waals surface area contributed by atoms with Crippen LogP contribution in [0.5, 0.6) is 5.75 Å². The Bertz CT molecular complexity index is 484. The minimum absolute atomic E-state index is 0.0801. The van der Waals surface area contributed by atoms with Crippen LogP contribution < -0.4 is 10.1 Å². The third-order valence-electron chi connectivity index (χ3n) is 4.38. The molecule has 1 aromatic carbocycles. The lowest BCUT2D eigenvalue weighted by atomic mass is 9.84. The van der Waals surface area contributed by atoms with E-state index in [2.05, 4.69) is 12.2 Å². The zero-order chi connectivity index (χ0) is 15.2. The molecule has 5 heteroatoms. The van der Waals surface area contributed by atoms with Gasteiger partial charge in [-0.3, -0.25) is 10.1 Å². The average molecular weight is 292 g/mol. The number of nitrogens with one attached hydrogen (secondary N) is 1. The molecule has 5 nitrogen and oxygen atoms in total. The van der Waals surface area contributed by atoms with Gasteiger partial charge in [0.05, 0.1) is 18.1 Å². The molecular formula is C16H24N2O3. The summed E-state index contributed by atoms with van der Waals surface area (Å²) in [6.07, 6.45) is 6.56. The summed E-state index contributed by atoms with van der Waals surface area (Å²) < 4.78 is 5.14. The van der Waals surface area contributed by atoms with E-state index >= 15 is 0 Å². The molecule has 0 aromatic heterocycles. The third-order valence-corrected chi connectivity index (χ3v) is 4.38. The smallest absolute Gasteiger partial charge is 0.273 e. The first kappa shape index (κ1) is 15.8. The van der Waals surface area contributed by atoms with Gasteiger partial charge in [0.25, 0.3) is 5.69 Å². The van der Waals surface area contributed by atoms with Gasteiger partial charge in [-0.05, 0) is 37.3 Å². The van der Waals surface area contributed by atoms with Crippen molar-refractivity contribution in [2.45, 2.75) is 51.6 Å². The number of rotatable bonds is 6. The van der Waals surface area contributed by atoms with E-state index in [0.29, 0.717) is 18.3 Å². The fraction of sp³-hybridized carbons (Fsp3) is 0.625. The summed E-state index contributed by atoms with van der Waals surface area (Å²) in [5, 5.41) is 14.4. The van der Waals surface area contributed by atoms with Crippen molar-refractivity contribution >= 4 is 5.69 Å². The molecule has 0 saturated heterocycles. The van der Waals surface area contributed by atoms with Gasteiger partial charge in [-0.2, -0.15) is 0 Å². The zero-order valence-corrected chi connectivity index (χ0v) is 12.8. The number of nitro groups is 1. The Kier molecular flexibility index (Phi) is 5.56. The number of nitrogens with zero attached hydrogens (tertiary/aromatic N) is 1. The summed E-state index contributed by atoms with van der Waals surface area (Å²) >= 11 is 0. The number of nitro benzene ring substituents is 1. The summed E-state index contributed by atoms with van der Waals surface area (Å²) in [6, 6.07) is 5.36. The molecule has 2 rings (SSSR count). The molecule has 1 atom stereocenters. The van der Waals surface area contributed by atoms with Crippen molar-refractivity contribution in [2.75, 3.05) is 7.11 Å². The zero-order valence-electron chi connectivity index (χ0n) is 12.8. The van der Waals surface area contributed by atoms with E-state index in [4.69, 9.17) is 4.74 Å². The number of ether oxygens (including phenoxy) is 1. The lowest BCUT2D eigenvalue weighted by Crippen LogP contribution is -2.34. The first-order valence-corrected chi connectivity index (χ1v) is 7.66. The van der Waals surface area contributed by atoms with Crippen LogP contribution in [0.25, 0.3) is 0 Å². The third kappa shape index (κ3) is 4.43. The molecule has 0 spiro atoms. The molecule has 0 aliphatic heterocycles. The van der Waals surface area contributed by atoms with Gasteiger partial charge in [-0.25, -0.2) is 0 Å². The van der Waals surface area contributed by atoms with Crippen LogP contribution in [0.4, 0.5) is 5.69 Å². The lowest BCUT2D eigenvalue weighted by Gasteiger charge is -2.28. The van der Waals surface area contributed by atoms with Gasteiger partial charge >= 0.3 is 0 Å². The predicted octanol–water partition coefficient (Wildman–Crippen LogP) is 3.66. The van der Waals surface area contributed by atoms with Crippen LogP contribution in [-0.4, -0.2) is 18.1 Å². The first-order valence-electron chi connectivity index (χ1n) is 7.66. The quantitative estimate of drug-likeness (QED) is 0.642. The minimum Gasteiger partial charge on any atom is -0.496 e. The second kappa shape index (κ2) is 7.41. The molecule has 116 valence electrons. The van der Waals surface area contributed by atoms with E-state index in [-0.39, 0.29) is 10.6 Å². The number of non-ortho nitro benzene ring substituents is 1. The molecule has 1 unspecified atom stereocenters. The van der Waals surface area contributed by atoms with E-state index < -0.39 is 0 Å². The summed E-state index contributed by atoms with van der Waals surface area (Å²) in [6.45, 7) is 2.85. The molecule has 1 aromatic rings. The van der Waals surface area contributed by atoms with Crippen LogP contribution >= 0.6 is 0 Å². The van der Waals surface area contributed by atoms with E-state index in [1.54, 1.807) is 6.07 Å². The molecule has 1 fully saturated rings. The van der Waals surface area contributed by atoms with Gasteiger partial charge in [0, 0.05) is 18.7 Å². The molecule has 0 radical (unpaired) electrons. The van der Waals surface area contributed by atoms with E-state index in [1.807, 2.05) is 6.07 Å². The summed E-state index contributed by atoms with van der Waals surface area (Å²) in [5.74, 6) is 1.26. The standard InChI is InChI=1S/C16H24N2O3/c1-12(14-6-4-3-5-7-14)17-11-13-8-15(18(19)20)10-16(9-13)21-2/h8-10,12,14,17H,3-7,11H2,1-2H3. The number of hydrogen-bond acceptors (Lipinski definition) is 4. The van der Waals surface area contributed by atoms with Crippen LogP contribution in [0.3, 0.4) is 0 Å². The van der Waals surface area contributed by atoms with Gasteiger partial charge < -0.3 is 10.1 Å². The molecular weight excluding hydrogens is 268 g/mol. The molecule has 0 amide bonds. The SMILES string of the molecule is COc1cc(CNC(C)C2CCCCC2)cc([N+](=O)[O-])c1. The Balaban J connectivity index is 1.98. The highest BCUT2D eigenvalue weighted by atomic mass is 16.6. The van der Waals surface area contributed by atoms with Crippen LogP contribution in [0, 0.1) is 16.0 Å². The Labute approximate surface area is 125 Å². The van der Waals surface area contributed by atoms with Crippen LogP contribution in [0.1, 0.15) is 44.6 Å². The number of hydrogen-bond donors (Lipinski definition) is 1. The van der Waals surface area contributed by atoms with Crippen molar-refractivity contribution in [3.05, 3.63) is 33.9 Å². The summed E-state index contributed by atoms with van der Waals surface area (Å²) in [7, 11) is 1.53. The Morgan fingerprint density at radius 1 is 1.33 bits per heavy atom. The van der Waals surface area contributed by atoms with Crippen molar-refractivity contribution in [1.29, 1.82) is 0 Å². The van der Waals surface area contributed by atoms with E-state index in [1.165, 1.54) is 45.3 Å². The highest BCUT2D eigenvalue weighted by Crippen LogP contribution is 2.27. The van der Waals surface area contributed by atoms with Crippen molar-refractivity contribution < 1.29 is 9.66 Å². The fourth-order valence-corrected chi connectivity index (χ4v) is 3.05. The van der Waals surface area contributed by atoms with Crippen molar-refractivity contribution in [3.63, 3.8) is 0 Å². The predicted molar refractivity (Wildman–Crippen MR) is 82.5 cm³/mol. The Morgan fingerprint density at radius 3 is 2.67 bits per heavy atom. The van der Waals surface area contributed by atoms with Crippen LogP contribution in [0.2, 0.25) is 0 Å². The van der Waals surface area contributed by atoms with Crippen molar-refractivity contribution in [2.24, 2.45) is 5.92 Å². The van der Waals surface area contributed by atoms with Gasteiger partial charge in [-0.1, -0.05) is 19.3 Å². The molecule has 0 bridgehead atoms. The highest BCUT2D eigenvalue weighted by Gasteiger charge is 2.19. The van der Waals surface area contributed by atoms with Crippen molar-refractivity contribution in [3.8, 4) is 5.75 Å². The second-order valence-electron chi connectivity index (χ2n) is 5.86. The topological polar surface area (TPSA) is 64.4 Å². The van der Waals surface area contributed by atoms with Gasteiger partial charge in [-0.15, -0.1) is 0 Å². The molecule has 1 aliphatic carbocycles. The van der Waals surface area contributed by atoms with Gasteiger partial charge in [0.1, 0.15) is 5.75 Å². The van der Waals surface area contributed by atoms with Crippen LogP contribution in [0.15, 0.2) is 18.2 Å². The molecule has 1 N–H and O–H groups in total. The second-order valence-corrected chi connectivity index (χ2v) is 5.86. The normalized spacial score (nSPS) is 17.4. The highest BCUT2D eigenvalue weighted by molar-refractivity contribution is 5.42. The molecule has 0 heterocycles. The maximum absolute atomic E-state index is 10.9. The number of benzene rings is 1. The fourth-order valence-electron chi connectivity index (χ4n) is 3.05. The Hall–Kier alpha value is -1.62. The lowest BCUT2D eigenvalue weighted by molar-refractivity contribution is -0.385. The van der Waals surface area contributed by atoms with Gasteiger partial charge in [0.15, 0.2) is 0 Å². The van der Waals surface area contributed by atoms with Crippen LogP contribution in [-0.2, 0) is 6.54 Å². The largest absolute Gasteiger partial charge is 0.496 e. The maximum Gasteiger partial charge on any atom is 0.273 e. The Morgan fingerprint density at radius 2 is 2.05 bits per heavy atom. The monoisotopic (exact) mass is 292 g/mol. The maximum atomic E-state index is 10.9. The van der Waals surface area contributed by atoms with Crippen molar-refractivity contribution in [1.82, 2.24) is 5.32 Å². The summed E-state index contributed by atoms with van der Waals surface area (Å²) in [4.78, 5) is 10.6. The molecule has 21 heavy (non-hydrogen) atoms. The summed E-state index contributed by atoms with van der Waals surface area (Å²) in [5.41, 5.74) is 0.972. The van der Waals surface area contributed by atoms with Gasteiger partial charge in [0.2, 0.25) is 0 Å².